The van der Waals surface area contributed by atoms with Crippen LogP contribution in [0.2, 0.25) is 0 Å². The Labute approximate surface area is 150 Å². The molecule has 0 radical (unpaired) electrons. The highest BCUT2D eigenvalue weighted by molar-refractivity contribution is 5.86. The number of nitriles is 2. The third kappa shape index (κ3) is 2.37. The summed E-state index contributed by atoms with van der Waals surface area (Å²) in [6.07, 6.45) is 1.85. The van der Waals surface area contributed by atoms with Gasteiger partial charge in [0.1, 0.15) is 11.9 Å². The molecule has 0 aromatic heterocycles. The number of allylic oxidation sites excluding steroid dienone is 1. The molecule has 6 nitrogen and oxygen atoms in total. The van der Waals surface area contributed by atoms with Crippen molar-refractivity contribution in [3.63, 3.8) is 0 Å². The number of benzene rings is 1. The molecule has 1 heterocycles. The van der Waals surface area contributed by atoms with Gasteiger partial charge in [-0.2, -0.15) is 10.5 Å². The number of rotatable bonds is 2. The fourth-order valence-corrected chi connectivity index (χ4v) is 4.01. The van der Waals surface area contributed by atoms with Crippen molar-refractivity contribution in [1.82, 2.24) is 4.90 Å². The smallest absolute Gasteiger partial charge is 0.330 e. The quantitative estimate of drug-likeness (QED) is 0.838. The average Bonchev–Trinajstić information content (AvgIpc) is 2.62. The third-order valence-electron chi connectivity index (χ3n) is 5.24. The van der Waals surface area contributed by atoms with Gasteiger partial charge in [-0.1, -0.05) is 18.2 Å². The molecule has 26 heavy (non-hydrogen) atoms. The monoisotopic (exact) mass is 352 g/mol. The second-order valence-corrected chi connectivity index (χ2v) is 6.64. The lowest BCUT2D eigenvalue weighted by Gasteiger charge is -2.45. The van der Waals surface area contributed by atoms with Crippen molar-refractivity contribution in [3.05, 3.63) is 58.6 Å². The highest BCUT2D eigenvalue weighted by atomic mass is 19.1. The van der Waals surface area contributed by atoms with Gasteiger partial charge in [0.05, 0.1) is 17.3 Å². The third-order valence-corrected chi connectivity index (χ3v) is 5.24. The summed E-state index contributed by atoms with van der Waals surface area (Å²) < 4.78 is 13.4. The molecular formula is C19H17FN4O2. The number of nitrogens with two attached hydrogens (primary N) is 1. The first kappa shape index (κ1) is 17.7. The first-order valence-electron chi connectivity index (χ1n) is 8.06. The maximum atomic E-state index is 13.4. The number of hydrogen-bond donors (Lipinski definition) is 2. The fraction of sp³-hybridized carbons (Fsp3) is 0.316. The Morgan fingerprint density at radius 3 is 2.58 bits per heavy atom. The molecule has 3 N–H and O–H groups in total. The molecule has 1 aromatic rings. The molecule has 3 unspecified atom stereocenters. The molecule has 0 spiro atoms. The molecule has 1 aliphatic heterocycles. The van der Waals surface area contributed by atoms with Gasteiger partial charge in [-0.25, -0.2) is 4.39 Å². The van der Waals surface area contributed by atoms with E-state index in [4.69, 9.17) is 5.73 Å². The lowest BCUT2D eigenvalue weighted by molar-refractivity contribution is -0.145. The number of carboxylic acid groups (broad SMARTS) is 1. The molecule has 0 amide bonds. The second kappa shape index (κ2) is 6.29. The van der Waals surface area contributed by atoms with Crippen molar-refractivity contribution in [2.75, 3.05) is 20.1 Å². The van der Waals surface area contributed by atoms with Crippen molar-refractivity contribution in [3.8, 4) is 12.1 Å². The highest BCUT2D eigenvalue weighted by Crippen LogP contribution is 2.54. The molecule has 1 aromatic carbocycles. The summed E-state index contributed by atoms with van der Waals surface area (Å²) in [4.78, 5) is 14.2. The van der Waals surface area contributed by atoms with Gasteiger partial charge >= 0.3 is 5.97 Å². The molecule has 0 fully saturated rings. The topological polar surface area (TPSA) is 114 Å². The van der Waals surface area contributed by atoms with Crippen molar-refractivity contribution in [1.29, 1.82) is 10.5 Å². The van der Waals surface area contributed by atoms with E-state index in [1.54, 1.807) is 0 Å². The normalized spacial score (nSPS) is 28.5. The van der Waals surface area contributed by atoms with Crippen molar-refractivity contribution in [2.24, 2.45) is 17.1 Å². The number of hydrogen-bond acceptors (Lipinski definition) is 5. The Morgan fingerprint density at radius 1 is 1.38 bits per heavy atom. The van der Waals surface area contributed by atoms with E-state index in [0.717, 1.165) is 0 Å². The molecule has 1 aliphatic carbocycles. The number of aliphatic carboxylic acids is 1. The van der Waals surface area contributed by atoms with Crippen LogP contribution in [0.15, 0.2) is 47.2 Å². The molecule has 3 rings (SSSR count). The minimum Gasteiger partial charge on any atom is -0.480 e. The van der Waals surface area contributed by atoms with Crippen LogP contribution in [0.1, 0.15) is 11.5 Å². The number of halogens is 1. The summed E-state index contributed by atoms with van der Waals surface area (Å²) in [5.74, 6) is -3.12. The molecule has 3 atom stereocenters. The lowest BCUT2D eigenvalue weighted by atomic mass is 9.57. The largest absolute Gasteiger partial charge is 0.480 e. The van der Waals surface area contributed by atoms with E-state index in [0.29, 0.717) is 24.2 Å². The first-order chi connectivity index (χ1) is 12.4. The Balaban J connectivity index is 2.36. The van der Waals surface area contributed by atoms with Crippen LogP contribution < -0.4 is 5.73 Å². The zero-order chi connectivity index (χ0) is 19.1. The number of carboxylic acids is 1. The van der Waals surface area contributed by atoms with E-state index in [9.17, 15) is 24.8 Å². The standard InChI is InChI=1S/C19H17FN4O2/c1-24-7-6-13-14(8-21)17(23)19(10-22,18(25)26)16(15(13)9-24)11-2-4-12(20)5-3-11/h2-6,15-16H,7,9,23H2,1H3,(H,25,26). The number of nitrogens with zero attached hydrogens (tertiary/aromatic N) is 3. The van der Waals surface area contributed by atoms with Gasteiger partial charge < -0.3 is 15.7 Å². The summed E-state index contributed by atoms with van der Waals surface area (Å²) in [6.45, 7) is 1.05. The van der Waals surface area contributed by atoms with Gasteiger partial charge in [0.15, 0.2) is 0 Å². The Kier molecular flexibility index (Phi) is 4.27. The van der Waals surface area contributed by atoms with Gasteiger partial charge in [-0.3, -0.25) is 4.79 Å². The Hall–Kier alpha value is -3.16. The summed E-state index contributed by atoms with van der Waals surface area (Å²) in [5.41, 5.74) is 4.98. The van der Waals surface area contributed by atoms with E-state index in [-0.39, 0.29) is 11.3 Å². The zero-order valence-corrected chi connectivity index (χ0v) is 14.1. The minimum atomic E-state index is -2.09. The van der Waals surface area contributed by atoms with Gasteiger partial charge in [-0.05, 0) is 30.3 Å². The maximum Gasteiger partial charge on any atom is 0.330 e. The number of likely N-dealkylation sites (N-methyl/N-ethyl adjacent to an activating group) is 1. The van der Waals surface area contributed by atoms with E-state index in [1.807, 2.05) is 30.2 Å². The summed E-state index contributed by atoms with van der Waals surface area (Å²) >= 11 is 0. The molecule has 0 saturated heterocycles. The van der Waals surface area contributed by atoms with E-state index in [2.05, 4.69) is 0 Å². The van der Waals surface area contributed by atoms with Gasteiger partial charge in [0.2, 0.25) is 5.41 Å². The maximum absolute atomic E-state index is 13.4. The molecule has 132 valence electrons. The van der Waals surface area contributed by atoms with Crippen LogP contribution in [-0.2, 0) is 4.79 Å². The van der Waals surface area contributed by atoms with Crippen LogP contribution in [0.25, 0.3) is 0 Å². The minimum absolute atomic E-state index is 0.0606. The Morgan fingerprint density at radius 2 is 2.04 bits per heavy atom. The van der Waals surface area contributed by atoms with Crippen LogP contribution in [0.4, 0.5) is 4.39 Å². The van der Waals surface area contributed by atoms with Crippen LogP contribution >= 0.6 is 0 Å². The average molecular weight is 352 g/mol. The van der Waals surface area contributed by atoms with Crippen molar-refractivity contribution < 1.29 is 14.3 Å². The highest BCUT2D eigenvalue weighted by Gasteiger charge is 2.58. The van der Waals surface area contributed by atoms with Gasteiger partial charge in [0.25, 0.3) is 0 Å². The van der Waals surface area contributed by atoms with Crippen LogP contribution in [0.5, 0.6) is 0 Å². The summed E-state index contributed by atoms with van der Waals surface area (Å²) in [6, 6.07) is 9.27. The second-order valence-electron chi connectivity index (χ2n) is 6.64. The van der Waals surface area contributed by atoms with Gasteiger partial charge in [-0.15, -0.1) is 0 Å². The zero-order valence-electron chi connectivity index (χ0n) is 14.1. The van der Waals surface area contributed by atoms with Crippen LogP contribution in [0.3, 0.4) is 0 Å². The number of carbonyl (C=O) groups is 1. The molecule has 0 bridgehead atoms. The lowest BCUT2D eigenvalue weighted by Crippen LogP contribution is -2.51. The predicted molar refractivity (Wildman–Crippen MR) is 90.7 cm³/mol. The van der Waals surface area contributed by atoms with E-state index >= 15 is 0 Å². The van der Waals surface area contributed by atoms with Crippen molar-refractivity contribution >= 4 is 5.97 Å². The fourth-order valence-electron chi connectivity index (χ4n) is 4.01. The van der Waals surface area contributed by atoms with Crippen LogP contribution in [0, 0.1) is 39.8 Å². The van der Waals surface area contributed by atoms with Gasteiger partial charge in [0, 0.05) is 24.9 Å². The number of fused-ring (bicyclic) bond motifs is 1. The first-order valence-corrected chi connectivity index (χ1v) is 8.06. The molecular weight excluding hydrogens is 335 g/mol. The van der Waals surface area contributed by atoms with Crippen molar-refractivity contribution in [2.45, 2.75) is 5.92 Å². The van der Waals surface area contributed by atoms with Crippen LogP contribution in [-0.4, -0.2) is 36.1 Å². The molecule has 0 saturated carbocycles. The SMILES string of the molecule is CN1CC=C2C(C#N)=C(N)C(C#N)(C(=O)O)C(c3ccc(F)cc3)C2C1. The predicted octanol–water partition coefficient (Wildman–Crippen LogP) is 1.74. The Bertz CT molecular complexity index is 907. The molecule has 2 aliphatic rings. The van der Waals surface area contributed by atoms with E-state index in [1.165, 1.54) is 24.3 Å². The molecule has 7 heteroatoms. The summed E-state index contributed by atoms with van der Waals surface area (Å²) in [7, 11) is 1.87. The summed E-state index contributed by atoms with van der Waals surface area (Å²) in [5, 5.41) is 29.4. The van der Waals surface area contributed by atoms with E-state index < -0.39 is 29.0 Å².